The second-order valence-corrected chi connectivity index (χ2v) is 7.40. The monoisotopic (exact) mass is 348 g/mol. The van der Waals surface area contributed by atoms with E-state index in [-0.39, 0.29) is 23.7 Å². The molecule has 2 aliphatic rings. The van der Waals surface area contributed by atoms with Crippen molar-refractivity contribution in [2.75, 3.05) is 5.75 Å². The topological polar surface area (TPSA) is 84.5 Å². The first kappa shape index (κ1) is 17.0. The maximum atomic E-state index is 12.1. The molecule has 6 nitrogen and oxygen atoms in total. The summed E-state index contributed by atoms with van der Waals surface area (Å²) in [6, 6.07) is 5.76. The molecule has 24 heavy (non-hydrogen) atoms. The molecule has 0 saturated carbocycles. The Kier molecular flexibility index (Phi) is 4.64. The van der Waals surface area contributed by atoms with Gasteiger partial charge in [-0.05, 0) is 13.8 Å². The summed E-state index contributed by atoms with van der Waals surface area (Å²) in [4.78, 5) is 25.6. The summed E-state index contributed by atoms with van der Waals surface area (Å²) < 4.78 is 2.06. The van der Waals surface area contributed by atoms with Crippen LogP contribution in [-0.2, 0) is 9.59 Å². The molecule has 4 atom stereocenters. The molecule has 1 aromatic rings. The van der Waals surface area contributed by atoms with Crippen LogP contribution in [0.2, 0.25) is 0 Å². The van der Waals surface area contributed by atoms with E-state index in [0.29, 0.717) is 17.1 Å². The number of pyridine rings is 1. The fourth-order valence-electron chi connectivity index (χ4n) is 3.36. The zero-order chi connectivity index (χ0) is 17.4. The molecule has 128 valence electrons. The lowest BCUT2D eigenvalue weighted by Crippen LogP contribution is -2.62. The number of carbonyl (C=O) groups excluding carboxylic acids is 2. The Morgan fingerprint density at radius 2 is 2.08 bits per heavy atom. The quantitative estimate of drug-likeness (QED) is 0.570. The number of carbonyl (C=O) groups is 2. The number of hydrogen-bond donors (Lipinski definition) is 1. The van der Waals surface area contributed by atoms with Gasteiger partial charge in [-0.3, -0.25) is 4.79 Å². The normalized spacial score (nSPS) is 25.3. The van der Waals surface area contributed by atoms with Crippen molar-refractivity contribution in [3.8, 4) is 0 Å². The molecule has 0 aromatic carbocycles. The van der Waals surface area contributed by atoms with Gasteiger partial charge in [0.05, 0.1) is 35.5 Å². The van der Waals surface area contributed by atoms with Gasteiger partial charge in [0, 0.05) is 23.5 Å². The van der Waals surface area contributed by atoms with Gasteiger partial charge in [-0.25, -0.2) is 4.57 Å². The molecule has 1 N–H and O–H groups in total. The van der Waals surface area contributed by atoms with Crippen molar-refractivity contribution in [2.45, 2.75) is 38.5 Å². The lowest BCUT2D eigenvalue weighted by Gasteiger charge is -2.45. The smallest absolute Gasteiger partial charge is 0.235 e. The van der Waals surface area contributed by atoms with E-state index >= 15 is 0 Å². The van der Waals surface area contributed by atoms with Crippen molar-refractivity contribution in [1.82, 2.24) is 4.90 Å². The molecular weight excluding hydrogens is 328 g/mol. The molecule has 3 rings (SSSR count). The summed E-state index contributed by atoms with van der Waals surface area (Å²) in [7, 11) is 0. The molecule has 1 amide bonds. The van der Waals surface area contributed by atoms with Crippen LogP contribution in [0.1, 0.15) is 26.3 Å². The molecule has 1 saturated heterocycles. The molecule has 3 unspecified atom stereocenters. The van der Waals surface area contributed by atoms with Crippen molar-refractivity contribution in [3.63, 3.8) is 0 Å². The summed E-state index contributed by atoms with van der Waals surface area (Å²) in [6.07, 6.45) is 3.63. The van der Waals surface area contributed by atoms with E-state index in [4.69, 9.17) is 0 Å². The van der Waals surface area contributed by atoms with Crippen LogP contribution < -0.4 is 9.67 Å². The van der Waals surface area contributed by atoms with Crippen molar-refractivity contribution < 1.29 is 24.4 Å². The van der Waals surface area contributed by atoms with E-state index in [1.807, 2.05) is 30.6 Å². The number of rotatable bonds is 6. The number of nitrogens with zero attached hydrogens (tertiary/aromatic N) is 2. The average Bonchev–Trinajstić information content (AvgIpc) is 2.87. The van der Waals surface area contributed by atoms with Crippen LogP contribution in [0.15, 0.2) is 41.2 Å². The third-order valence-corrected chi connectivity index (χ3v) is 5.99. The molecule has 7 heteroatoms. The number of β-lactam (4-membered cyclic amide) rings is 1. The van der Waals surface area contributed by atoms with Gasteiger partial charge in [0.25, 0.3) is 0 Å². The van der Waals surface area contributed by atoms with E-state index in [9.17, 15) is 19.8 Å². The van der Waals surface area contributed by atoms with Crippen LogP contribution in [0.3, 0.4) is 0 Å². The fourth-order valence-corrected chi connectivity index (χ4v) is 4.58. The first-order valence-electron chi connectivity index (χ1n) is 7.96. The van der Waals surface area contributed by atoms with Crippen LogP contribution in [0.4, 0.5) is 0 Å². The van der Waals surface area contributed by atoms with Gasteiger partial charge in [0.2, 0.25) is 5.91 Å². The minimum Gasteiger partial charge on any atom is -0.543 e. The predicted octanol–water partition coefficient (Wildman–Crippen LogP) is -0.159. The Balaban J connectivity index is 1.73. The maximum Gasteiger partial charge on any atom is 0.235 e. The Hall–Kier alpha value is -1.86. The second-order valence-electron chi connectivity index (χ2n) is 6.29. The van der Waals surface area contributed by atoms with E-state index in [2.05, 4.69) is 11.5 Å². The Morgan fingerprint density at radius 3 is 2.67 bits per heavy atom. The maximum absolute atomic E-state index is 12.1. The number of carboxylic acids is 1. The van der Waals surface area contributed by atoms with Gasteiger partial charge in [0.1, 0.15) is 0 Å². The van der Waals surface area contributed by atoms with Gasteiger partial charge >= 0.3 is 0 Å². The molecule has 0 radical (unpaired) electrons. The van der Waals surface area contributed by atoms with Crippen LogP contribution in [0.5, 0.6) is 0 Å². The van der Waals surface area contributed by atoms with E-state index in [1.54, 1.807) is 6.92 Å². The minimum absolute atomic E-state index is 0.0165. The van der Waals surface area contributed by atoms with Crippen LogP contribution in [-0.4, -0.2) is 39.8 Å². The molecule has 1 fully saturated rings. The third-order valence-electron chi connectivity index (χ3n) is 4.63. The highest BCUT2D eigenvalue weighted by molar-refractivity contribution is 8.03. The number of aliphatic hydroxyl groups excluding tert-OH is 1. The summed E-state index contributed by atoms with van der Waals surface area (Å²) >= 11 is 1.45. The number of aliphatic hydroxyl groups is 1. The summed E-state index contributed by atoms with van der Waals surface area (Å²) in [5, 5.41) is 21.2. The molecule has 0 bridgehead atoms. The largest absolute Gasteiger partial charge is 0.543 e. The van der Waals surface area contributed by atoms with Crippen molar-refractivity contribution in [2.24, 2.45) is 5.92 Å². The first-order chi connectivity index (χ1) is 11.4. The molecular formula is C17H20N2O4S. The van der Waals surface area contributed by atoms with E-state index in [1.165, 1.54) is 16.7 Å². The Bertz CT molecular complexity index is 689. The van der Waals surface area contributed by atoms with E-state index in [0.717, 1.165) is 0 Å². The van der Waals surface area contributed by atoms with Gasteiger partial charge < -0.3 is 19.9 Å². The van der Waals surface area contributed by atoms with Crippen LogP contribution in [0.25, 0.3) is 0 Å². The van der Waals surface area contributed by atoms with Crippen molar-refractivity contribution >= 4 is 23.6 Å². The molecule has 3 heterocycles. The number of fused-ring (bicyclic) bond motifs is 1. The summed E-state index contributed by atoms with van der Waals surface area (Å²) in [5.74, 6) is -1.47. The lowest BCUT2D eigenvalue weighted by molar-refractivity contribution is -0.715. The SMILES string of the molecule is CC(CSC1=C(C(=O)[O-])N2C(=O)C([C@@H](C)O)C2C1)[n+]1ccccc1. The minimum atomic E-state index is -1.32. The van der Waals surface area contributed by atoms with Gasteiger partial charge in [-0.1, -0.05) is 6.07 Å². The summed E-state index contributed by atoms with van der Waals surface area (Å²) in [5.41, 5.74) is -0.0165. The van der Waals surface area contributed by atoms with Crippen LogP contribution in [0, 0.1) is 5.92 Å². The average molecular weight is 348 g/mol. The van der Waals surface area contributed by atoms with Crippen LogP contribution >= 0.6 is 11.8 Å². The second kappa shape index (κ2) is 6.57. The highest BCUT2D eigenvalue weighted by Crippen LogP contribution is 2.47. The molecule has 2 aliphatic heterocycles. The standard InChI is InChI=1S/C17H20N2O4S/c1-10(18-6-4-3-5-7-18)9-24-13-8-12-14(11(2)20)16(21)19(12)15(13)17(22)23/h3-7,10-12,14,20H,8-9H2,1-2H3/t10?,11-,12?,14?/m1/s1. The fraction of sp³-hybridized carbons (Fsp3) is 0.471. The number of thioether (sulfide) groups is 1. The highest BCUT2D eigenvalue weighted by Gasteiger charge is 2.55. The number of aliphatic carboxylic acids is 1. The number of carboxylic acid groups (broad SMARTS) is 1. The van der Waals surface area contributed by atoms with E-state index < -0.39 is 18.0 Å². The van der Waals surface area contributed by atoms with Gasteiger partial charge in [0.15, 0.2) is 18.4 Å². The molecule has 0 aliphatic carbocycles. The first-order valence-corrected chi connectivity index (χ1v) is 8.94. The van der Waals surface area contributed by atoms with Crippen molar-refractivity contribution in [3.05, 3.63) is 41.2 Å². The predicted molar refractivity (Wildman–Crippen MR) is 86.3 cm³/mol. The third kappa shape index (κ3) is 2.82. The highest BCUT2D eigenvalue weighted by atomic mass is 32.2. The lowest BCUT2D eigenvalue weighted by atomic mass is 9.83. The summed E-state index contributed by atoms with van der Waals surface area (Å²) in [6.45, 7) is 3.62. The molecule has 0 spiro atoms. The molecule has 1 aromatic heterocycles. The zero-order valence-electron chi connectivity index (χ0n) is 13.6. The van der Waals surface area contributed by atoms with Gasteiger partial charge in [-0.2, -0.15) is 0 Å². The number of hydrogen-bond acceptors (Lipinski definition) is 5. The van der Waals surface area contributed by atoms with Crippen molar-refractivity contribution in [1.29, 1.82) is 0 Å². The van der Waals surface area contributed by atoms with Gasteiger partial charge in [-0.15, -0.1) is 11.8 Å². The number of aromatic nitrogens is 1. The Labute approximate surface area is 144 Å². The Morgan fingerprint density at radius 1 is 1.42 bits per heavy atom. The number of amides is 1. The zero-order valence-corrected chi connectivity index (χ0v) is 14.4.